The van der Waals surface area contributed by atoms with Gasteiger partial charge in [0.25, 0.3) is 0 Å². The minimum Gasteiger partial charge on any atom is -0.490 e. The van der Waals surface area contributed by atoms with E-state index in [0.717, 1.165) is 10.2 Å². The number of carbonyl (C=O) groups is 2. The number of Topliss-reactive ketones (excluding diaryl/α,β-unsaturated/α-hetero) is 1. The monoisotopic (exact) mass is 391 g/mol. The molecule has 0 fully saturated rings. The van der Waals surface area contributed by atoms with E-state index in [0.29, 0.717) is 23.6 Å². The van der Waals surface area contributed by atoms with Crippen LogP contribution in [0.1, 0.15) is 24.2 Å². The number of anilines is 1. The lowest BCUT2D eigenvalue weighted by Gasteiger charge is -2.13. The van der Waals surface area contributed by atoms with Gasteiger partial charge in [-0.05, 0) is 43.3 Å². The van der Waals surface area contributed by atoms with Crippen LogP contribution in [0.2, 0.25) is 0 Å². The number of halogens is 1. The average molecular weight is 392 g/mol. The van der Waals surface area contributed by atoms with Gasteiger partial charge in [-0.3, -0.25) is 9.59 Å². The number of carbonyl (C=O) groups excluding carboxylic acids is 2. The molecule has 0 aliphatic rings. The van der Waals surface area contributed by atoms with Gasteiger partial charge in [0, 0.05) is 17.0 Å². The van der Waals surface area contributed by atoms with E-state index in [2.05, 4.69) is 21.2 Å². The molecule has 0 atom stereocenters. The predicted molar refractivity (Wildman–Crippen MR) is 95.9 cm³/mol. The number of benzene rings is 2. The Labute approximate surface area is 149 Å². The standard InChI is InChI=1S/C18H18BrNO4/c1-12(21)14-6-7-17(20-13(2)22)18(10-14)24-9-8-23-16-5-3-4-15(19)11-16/h3-7,10-11H,8-9H2,1-2H3,(H,20,22). The van der Waals surface area contributed by atoms with Gasteiger partial charge in [0.1, 0.15) is 24.7 Å². The lowest BCUT2D eigenvalue weighted by Crippen LogP contribution is -2.12. The highest BCUT2D eigenvalue weighted by molar-refractivity contribution is 9.10. The summed E-state index contributed by atoms with van der Waals surface area (Å²) < 4.78 is 12.2. The minimum atomic E-state index is -0.208. The first-order chi connectivity index (χ1) is 11.5. The van der Waals surface area contributed by atoms with Crippen LogP contribution in [0.25, 0.3) is 0 Å². The van der Waals surface area contributed by atoms with Gasteiger partial charge >= 0.3 is 0 Å². The molecule has 0 spiro atoms. The smallest absolute Gasteiger partial charge is 0.221 e. The van der Waals surface area contributed by atoms with Crippen molar-refractivity contribution in [2.45, 2.75) is 13.8 Å². The molecule has 0 aliphatic heterocycles. The third-order valence-electron chi connectivity index (χ3n) is 3.10. The van der Waals surface area contributed by atoms with E-state index in [1.54, 1.807) is 18.2 Å². The van der Waals surface area contributed by atoms with E-state index >= 15 is 0 Å². The number of hydrogen-bond donors (Lipinski definition) is 1. The predicted octanol–water partition coefficient (Wildman–Crippen LogP) is 4.07. The molecule has 1 amide bonds. The Bertz CT molecular complexity index is 746. The van der Waals surface area contributed by atoms with Gasteiger partial charge in [0.2, 0.25) is 5.91 Å². The van der Waals surface area contributed by atoms with Gasteiger partial charge < -0.3 is 14.8 Å². The third kappa shape index (κ3) is 5.38. The maximum atomic E-state index is 11.5. The largest absolute Gasteiger partial charge is 0.490 e. The Morgan fingerprint density at radius 3 is 2.46 bits per heavy atom. The Morgan fingerprint density at radius 2 is 1.79 bits per heavy atom. The molecule has 2 rings (SSSR count). The van der Waals surface area contributed by atoms with Crippen LogP contribution in [0.4, 0.5) is 5.69 Å². The molecule has 0 unspecified atom stereocenters. The number of hydrogen-bond acceptors (Lipinski definition) is 4. The summed E-state index contributed by atoms with van der Waals surface area (Å²) in [6.07, 6.45) is 0. The number of ketones is 1. The van der Waals surface area contributed by atoms with Crippen molar-refractivity contribution in [2.24, 2.45) is 0 Å². The van der Waals surface area contributed by atoms with E-state index in [-0.39, 0.29) is 18.3 Å². The van der Waals surface area contributed by atoms with Gasteiger partial charge in [-0.25, -0.2) is 0 Å². The fourth-order valence-electron chi connectivity index (χ4n) is 2.02. The second-order valence-electron chi connectivity index (χ2n) is 5.10. The molecule has 2 aromatic carbocycles. The van der Waals surface area contributed by atoms with Crippen LogP contribution < -0.4 is 14.8 Å². The summed E-state index contributed by atoms with van der Waals surface area (Å²) in [6, 6.07) is 12.4. The van der Waals surface area contributed by atoms with E-state index in [1.165, 1.54) is 13.8 Å². The zero-order valence-corrected chi connectivity index (χ0v) is 15.1. The molecule has 0 heterocycles. The molecule has 126 valence electrons. The van der Waals surface area contributed by atoms with Gasteiger partial charge in [-0.2, -0.15) is 0 Å². The van der Waals surface area contributed by atoms with E-state index < -0.39 is 0 Å². The molecular formula is C18H18BrNO4. The van der Waals surface area contributed by atoms with Crippen LogP contribution >= 0.6 is 15.9 Å². The topological polar surface area (TPSA) is 64.6 Å². The number of nitrogens with one attached hydrogen (secondary N) is 1. The molecule has 5 nitrogen and oxygen atoms in total. The first-order valence-electron chi connectivity index (χ1n) is 7.39. The Morgan fingerprint density at radius 1 is 1.04 bits per heavy atom. The molecule has 0 radical (unpaired) electrons. The van der Waals surface area contributed by atoms with Crippen molar-refractivity contribution < 1.29 is 19.1 Å². The SMILES string of the molecule is CC(=O)Nc1ccc(C(C)=O)cc1OCCOc1cccc(Br)c1. The maximum absolute atomic E-state index is 11.5. The average Bonchev–Trinajstić information content (AvgIpc) is 2.52. The minimum absolute atomic E-state index is 0.0698. The molecular weight excluding hydrogens is 374 g/mol. The summed E-state index contributed by atoms with van der Waals surface area (Å²) >= 11 is 3.38. The summed E-state index contributed by atoms with van der Waals surface area (Å²) in [5.74, 6) is 0.892. The van der Waals surface area contributed by atoms with Crippen molar-refractivity contribution in [1.82, 2.24) is 0 Å². The van der Waals surface area contributed by atoms with Crippen LogP contribution in [0.3, 0.4) is 0 Å². The zero-order chi connectivity index (χ0) is 17.5. The van der Waals surface area contributed by atoms with Crippen molar-refractivity contribution >= 4 is 33.3 Å². The molecule has 0 aliphatic carbocycles. The highest BCUT2D eigenvalue weighted by atomic mass is 79.9. The zero-order valence-electron chi connectivity index (χ0n) is 13.5. The molecule has 0 aromatic heterocycles. The van der Waals surface area contributed by atoms with Crippen LogP contribution in [0.15, 0.2) is 46.9 Å². The molecule has 0 saturated heterocycles. The first kappa shape index (κ1) is 18.0. The van der Waals surface area contributed by atoms with Crippen molar-refractivity contribution in [3.63, 3.8) is 0 Å². The van der Waals surface area contributed by atoms with Crippen LogP contribution in [-0.4, -0.2) is 24.9 Å². The maximum Gasteiger partial charge on any atom is 0.221 e. The molecule has 0 bridgehead atoms. The van der Waals surface area contributed by atoms with Crippen molar-refractivity contribution in [3.05, 3.63) is 52.5 Å². The molecule has 1 N–H and O–H groups in total. The van der Waals surface area contributed by atoms with E-state index in [4.69, 9.17) is 9.47 Å². The highest BCUT2D eigenvalue weighted by Gasteiger charge is 2.09. The molecule has 6 heteroatoms. The normalized spacial score (nSPS) is 10.1. The summed E-state index contributed by atoms with van der Waals surface area (Å²) in [7, 11) is 0. The molecule has 0 saturated carbocycles. The van der Waals surface area contributed by atoms with Gasteiger partial charge in [-0.1, -0.05) is 22.0 Å². The van der Waals surface area contributed by atoms with Crippen molar-refractivity contribution in [1.29, 1.82) is 0 Å². The number of rotatable bonds is 7. The molecule has 2 aromatic rings. The quantitative estimate of drug-likeness (QED) is 0.570. The summed E-state index contributed by atoms with van der Waals surface area (Å²) in [5.41, 5.74) is 1.04. The molecule has 24 heavy (non-hydrogen) atoms. The van der Waals surface area contributed by atoms with Gasteiger partial charge in [0.05, 0.1) is 5.69 Å². The van der Waals surface area contributed by atoms with Gasteiger partial charge in [-0.15, -0.1) is 0 Å². The van der Waals surface area contributed by atoms with Crippen molar-refractivity contribution in [3.8, 4) is 11.5 Å². The first-order valence-corrected chi connectivity index (χ1v) is 8.19. The Balaban J connectivity index is 2.00. The number of ether oxygens (including phenoxy) is 2. The fourth-order valence-corrected chi connectivity index (χ4v) is 2.40. The van der Waals surface area contributed by atoms with Crippen molar-refractivity contribution in [2.75, 3.05) is 18.5 Å². The van der Waals surface area contributed by atoms with Crippen LogP contribution in [0, 0.1) is 0 Å². The van der Waals surface area contributed by atoms with E-state index in [9.17, 15) is 9.59 Å². The summed E-state index contributed by atoms with van der Waals surface area (Å²) in [6.45, 7) is 3.51. The number of amides is 1. The second-order valence-corrected chi connectivity index (χ2v) is 6.02. The second kappa shape index (κ2) is 8.49. The fraction of sp³-hybridized carbons (Fsp3) is 0.222. The lowest BCUT2D eigenvalue weighted by atomic mass is 10.1. The Kier molecular flexibility index (Phi) is 6.37. The summed E-state index contributed by atoms with van der Waals surface area (Å²) in [4.78, 5) is 22.8. The van der Waals surface area contributed by atoms with Crippen LogP contribution in [0.5, 0.6) is 11.5 Å². The Hall–Kier alpha value is -2.34. The van der Waals surface area contributed by atoms with E-state index in [1.807, 2.05) is 24.3 Å². The third-order valence-corrected chi connectivity index (χ3v) is 3.60. The highest BCUT2D eigenvalue weighted by Crippen LogP contribution is 2.26. The van der Waals surface area contributed by atoms with Gasteiger partial charge in [0.15, 0.2) is 5.78 Å². The summed E-state index contributed by atoms with van der Waals surface area (Å²) in [5, 5.41) is 2.68. The van der Waals surface area contributed by atoms with Crippen LogP contribution in [-0.2, 0) is 4.79 Å². The lowest BCUT2D eigenvalue weighted by molar-refractivity contribution is -0.114.